The molecule has 98 valence electrons. The molecular weight excluding hydrogens is 253 g/mol. The number of nitrogens with zero attached hydrogens (tertiary/aromatic N) is 2. The molecule has 0 fully saturated rings. The van der Waals surface area contributed by atoms with Gasteiger partial charge in [-0.15, -0.1) is 10.2 Å². The van der Waals surface area contributed by atoms with Gasteiger partial charge in [0.25, 0.3) is 0 Å². The zero-order chi connectivity index (χ0) is 13.8. The topological polar surface area (TPSA) is 84.3 Å². The maximum atomic E-state index is 13.2. The molecule has 2 N–H and O–H groups in total. The van der Waals surface area contributed by atoms with Gasteiger partial charge in [-0.2, -0.15) is 0 Å². The largest absolute Gasteiger partial charge is 0.494 e. The molecule has 19 heavy (non-hydrogen) atoms. The number of benzene rings is 1. The number of anilines is 2. The molecule has 0 aliphatic rings. The highest BCUT2D eigenvalue weighted by Crippen LogP contribution is 2.23. The van der Waals surface area contributed by atoms with Gasteiger partial charge in [0.1, 0.15) is 0 Å². The standard InChI is InChI=1S/C12H10FN3O3/c1-19-10-6-7(2-3-8(10)13)14-11-5-4-9(12(17)18)15-16-11/h2-6H,1H3,(H,14,16)(H,17,18). The van der Waals surface area contributed by atoms with E-state index >= 15 is 0 Å². The minimum absolute atomic E-state index is 0.0973. The van der Waals surface area contributed by atoms with Gasteiger partial charge in [-0.3, -0.25) is 0 Å². The second kappa shape index (κ2) is 5.30. The van der Waals surface area contributed by atoms with E-state index in [1.807, 2.05) is 0 Å². The van der Waals surface area contributed by atoms with Crippen molar-refractivity contribution in [3.63, 3.8) is 0 Å². The average molecular weight is 263 g/mol. The molecule has 0 amide bonds. The van der Waals surface area contributed by atoms with Gasteiger partial charge in [0.15, 0.2) is 23.1 Å². The normalized spacial score (nSPS) is 10.0. The van der Waals surface area contributed by atoms with Crippen LogP contribution in [0.2, 0.25) is 0 Å². The first-order valence-corrected chi connectivity index (χ1v) is 5.28. The number of nitrogens with one attached hydrogen (secondary N) is 1. The number of carbonyl (C=O) groups is 1. The van der Waals surface area contributed by atoms with Crippen LogP contribution in [0.1, 0.15) is 10.5 Å². The quantitative estimate of drug-likeness (QED) is 0.878. The number of aromatic nitrogens is 2. The maximum Gasteiger partial charge on any atom is 0.356 e. The Labute approximate surface area is 107 Å². The van der Waals surface area contributed by atoms with Gasteiger partial charge in [0.05, 0.1) is 7.11 Å². The smallest absolute Gasteiger partial charge is 0.356 e. The molecule has 7 heteroatoms. The summed E-state index contributed by atoms with van der Waals surface area (Å²) >= 11 is 0. The van der Waals surface area contributed by atoms with Crippen LogP contribution in [0.25, 0.3) is 0 Å². The predicted molar refractivity (Wildman–Crippen MR) is 65.2 cm³/mol. The molecule has 0 saturated carbocycles. The van der Waals surface area contributed by atoms with Gasteiger partial charge in [0, 0.05) is 11.8 Å². The predicted octanol–water partition coefficient (Wildman–Crippen LogP) is 2.07. The number of hydrogen-bond donors (Lipinski definition) is 2. The Kier molecular flexibility index (Phi) is 3.56. The van der Waals surface area contributed by atoms with Crippen LogP contribution in [0, 0.1) is 5.82 Å². The highest BCUT2D eigenvalue weighted by Gasteiger charge is 2.07. The molecule has 1 heterocycles. The summed E-state index contributed by atoms with van der Waals surface area (Å²) in [5.74, 6) is -1.18. The van der Waals surface area contributed by atoms with Crippen LogP contribution in [-0.4, -0.2) is 28.4 Å². The number of ether oxygens (including phenoxy) is 1. The van der Waals surface area contributed by atoms with Crippen molar-refractivity contribution >= 4 is 17.5 Å². The van der Waals surface area contributed by atoms with Crippen molar-refractivity contribution in [1.82, 2.24) is 10.2 Å². The molecule has 2 aromatic rings. The van der Waals surface area contributed by atoms with Crippen LogP contribution in [0.15, 0.2) is 30.3 Å². The summed E-state index contributed by atoms with van der Waals surface area (Å²) in [5.41, 5.74) is 0.401. The third-order valence-electron chi connectivity index (χ3n) is 2.31. The van der Waals surface area contributed by atoms with E-state index in [1.54, 1.807) is 0 Å². The Bertz CT molecular complexity index is 602. The van der Waals surface area contributed by atoms with E-state index in [2.05, 4.69) is 15.5 Å². The number of rotatable bonds is 4. The van der Waals surface area contributed by atoms with Crippen molar-refractivity contribution < 1.29 is 19.0 Å². The average Bonchev–Trinajstić information content (AvgIpc) is 2.41. The molecule has 0 aliphatic carbocycles. The highest BCUT2D eigenvalue weighted by atomic mass is 19.1. The van der Waals surface area contributed by atoms with Crippen molar-refractivity contribution in [2.75, 3.05) is 12.4 Å². The minimum atomic E-state index is -1.15. The fourth-order valence-corrected chi connectivity index (χ4v) is 1.40. The van der Waals surface area contributed by atoms with Crippen molar-refractivity contribution in [2.45, 2.75) is 0 Å². The van der Waals surface area contributed by atoms with Crippen molar-refractivity contribution in [2.24, 2.45) is 0 Å². The summed E-state index contributed by atoms with van der Waals surface area (Å²) in [7, 11) is 1.36. The molecule has 1 aromatic carbocycles. The van der Waals surface area contributed by atoms with Crippen molar-refractivity contribution in [3.8, 4) is 5.75 Å². The van der Waals surface area contributed by atoms with E-state index in [0.29, 0.717) is 11.5 Å². The van der Waals surface area contributed by atoms with E-state index in [-0.39, 0.29) is 11.4 Å². The van der Waals surface area contributed by atoms with Crippen LogP contribution in [0.5, 0.6) is 5.75 Å². The molecular formula is C12H10FN3O3. The second-order valence-electron chi connectivity index (χ2n) is 3.58. The zero-order valence-corrected chi connectivity index (χ0v) is 9.92. The van der Waals surface area contributed by atoms with Crippen LogP contribution < -0.4 is 10.1 Å². The first-order chi connectivity index (χ1) is 9.10. The highest BCUT2D eigenvalue weighted by molar-refractivity contribution is 5.85. The van der Waals surface area contributed by atoms with E-state index in [0.717, 1.165) is 0 Å². The van der Waals surface area contributed by atoms with E-state index in [4.69, 9.17) is 9.84 Å². The number of halogens is 1. The lowest BCUT2D eigenvalue weighted by Crippen LogP contribution is -2.03. The maximum absolute atomic E-state index is 13.2. The molecule has 0 atom stereocenters. The first kappa shape index (κ1) is 12.7. The second-order valence-corrected chi connectivity index (χ2v) is 3.58. The number of carboxylic acids is 1. The number of aromatic carboxylic acids is 1. The summed E-state index contributed by atoms with van der Waals surface area (Å²) in [4.78, 5) is 10.6. The minimum Gasteiger partial charge on any atom is -0.494 e. The lowest BCUT2D eigenvalue weighted by atomic mass is 10.3. The summed E-state index contributed by atoms with van der Waals surface area (Å²) < 4.78 is 18.0. The molecule has 0 spiro atoms. The van der Waals surface area contributed by atoms with Gasteiger partial charge >= 0.3 is 5.97 Å². The fourth-order valence-electron chi connectivity index (χ4n) is 1.40. The van der Waals surface area contributed by atoms with Gasteiger partial charge in [0.2, 0.25) is 0 Å². The third kappa shape index (κ3) is 2.95. The molecule has 0 aliphatic heterocycles. The van der Waals surface area contributed by atoms with Gasteiger partial charge < -0.3 is 15.2 Å². The van der Waals surface area contributed by atoms with Gasteiger partial charge in [-0.25, -0.2) is 9.18 Å². The van der Waals surface area contributed by atoms with E-state index in [9.17, 15) is 9.18 Å². The molecule has 0 bridgehead atoms. The van der Waals surface area contributed by atoms with Gasteiger partial charge in [-0.1, -0.05) is 0 Å². The van der Waals surface area contributed by atoms with Crippen LogP contribution in [-0.2, 0) is 0 Å². The molecule has 0 unspecified atom stereocenters. The number of methoxy groups -OCH3 is 1. The van der Waals surface area contributed by atoms with Gasteiger partial charge in [-0.05, 0) is 24.3 Å². The Morgan fingerprint density at radius 2 is 2.11 bits per heavy atom. The SMILES string of the molecule is COc1cc(Nc2ccc(C(=O)O)nn2)ccc1F. The fraction of sp³-hybridized carbons (Fsp3) is 0.0833. The lowest BCUT2D eigenvalue weighted by molar-refractivity contribution is 0.0689. The molecule has 1 aromatic heterocycles. The Balaban J connectivity index is 2.19. The zero-order valence-electron chi connectivity index (χ0n) is 9.92. The Hall–Kier alpha value is -2.70. The Morgan fingerprint density at radius 3 is 2.68 bits per heavy atom. The molecule has 2 rings (SSSR count). The summed E-state index contributed by atoms with van der Waals surface area (Å²) in [5, 5.41) is 18.8. The van der Waals surface area contributed by atoms with Crippen molar-refractivity contribution in [3.05, 3.63) is 41.8 Å². The monoisotopic (exact) mass is 263 g/mol. The van der Waals surface area contributed by atoms with Crippen LogP contribution in [0.4, 0.5) is 15.9 Å². The summed E-state index contributed by atoms with van der Waals surface area (Å²) in [6.07, 6.45) is 0. The number of carboxylic acid groups (broad SMARTS) is 1. The summed E-state index contributed by atoms with van der Waals surface area (Å²) in [6.45, 7) is 0. The van der Waals surface area contributed by atoms with Crippen molar-refractivity contribution in [1.29, 1.82) is 0 Å². The molecule has 0 saturated heterocycles. The molecule has 6 nitrogen and oxygen atoms in total. The first-order valence-electron chi connectivity index (χ1n) is 5.28. The summed E-state index contributed by atoms with van der Waals surface area (Å²) in [6, 6.07) is 7.00. The number of hydrogen-bond acceptors (Lipinski definition) is 5. The van der Waals surface area contributed by atoms with Crippen LogP contribution >= 0.6 is 0 Å². The third-order valence-corrected chi connectivity index (χ3v) is 2.31. The lowest BCUT2D eigenvalue weighted by Gasteiger charge is -2.07. The Morgan fingerprint density at radius 1 is 1.32 bits per heavy atom. The molecule has 0 radical (unpaired) electrons. The van der Waals surface area contributed by atoms with E-state index in [1.165, 1.54) is 37.4 Å². The van der Waals surface area contributed by atoms with Crippen LogP contribution in [0.3, 0.4) is 0 Å². The van der Waals surface area contributed by atoms with E-state index < -0.39 is 11.8 Å².